The summed E-state index contributed by atoms with van der Waals surface area (Å²) in [6.45, 7) is 9.74. The Morgan fingerprint density at radius 2 is 1.73 bits per heavy atom. The molecule has 0 unspecified atom stereocenters. The number of amides is 2. The van der Waals surface area contributed by atoms with Gasteiger partial charge in [-0.05, 0) is 65.2 Å². The van der Waals surface area contributed by atoms with Crippen LogP contribution >= 0.6 is 0 Å². The molecule has 3 aromatic rings. The Morgan fingerprint density at radius 3 is 2.37 bits per heavy atom. The Balaban J connectivity index is 1.37. The first-order chi connectivity index (χ1) is 19.5. The summed E-state index contributed by atoms with van der Waals surface area (Å²) in [6, 6.07) is 16.5. The molecule has 1 aliphatic carbocycles. The molecule has 4 rings (SSSR count). The molecule has 0 spiro atoms. The van der Waals surface area contributed by atoms with Crippen molar-refractivity contribution in [3.05, 3.63) is 71.4 Å². The number of nitrogens with zero attached hydrogens (tertiary/aromatic N) is 2. The van der Waals surface area contributed by atoms with E-state index in [9.17, 15) is 14.4 Å². The van der Waals surface area contributed by atoms with Crippen molar-refractivity contribution >= 4 is 24.1 Å². The number of benzene rings is 2. The highest BCUT2D eigenvalue weighted by molar-refractivity contribution is 5.91. The lowest BCUT2D eigenvalue weighted by atomic mass is 9.80. The van der Waals surface area contributed by atoms with Gasteiger partial charge in [-0.2, -0.15) is 5.10 Å². The third kappa shape index (κ3) is 7.87. The maximum absolute atomic E-state index is 12.9. The molecule has 1 aromatic heterocycles. The highest BCUT2D eigenvalue weighted by Gasteiger charge is 2.36. The zero-order valence-electron chi connectivity index (χ0n) is 24.2. The Bertz CT molecular complexity index is 1360. The summed E-state index contributed by atoms with van der Waals surface area (Å²) in [6.07, 6.45) is 1.42. The van der Waals surface area contributed by atoms with E-state index in [4.69, 9.17) is 19.3 Å². The summed E-state index contributed by atoms with van der Waals surface area (Å²) in [5.41, 5.74) is 1.63. The third-order valence-corrected chi connectivity index (χ3v) is 6.56. The zero-order chi connectivity index (χ0) is 29.6. The van der Waals surface area contributed by atoms with Crippen LogP contribution in [0.3, 0.4) is 0 Å². The Hall–Kier alpha value is -4.34. The fraction of sp³-hybridized carbons (Fsp3) is 0.419. The normalized spacial score (nSPS) is 16.4. The Labute approximate surface area is 240 Å². The van der Waals surface area contributed by atoms with Crippen LogP contribution in [-0.4, -0.2) is 46.8 Å². The van der Waals surface area contributed by atoms with Crippen LogP contribution in [0.5, 0.6) is 11.5 Å². The predicted molar refractivity (Wildman–Crippen MR) is 154 cm³/mol. The molecular weight excluding hydrogens is 524 g/mol. The maximum atomic E-state index is 12.9. The first-order valence-electron chi connectivity index (χ1n) is 13.8. The van der Waals surface area contributed by atoms with E-state index in [2.05, 4.69) is 10.6 Å². The van der Waals surface area contributed by atoms with Crippen molar-refractivity contribution in [3.63, 3.8) is 0 Å². The summed E-state index contributed by atoms with van der Waals surface area (Å²) >= 11 is 0. The number of alkyl carbamates (subject to hydrolysis) is 1. The average molecular weight is 563 g/mol. The molecule has 0 bridgehead atoms. The van der Waals surface area contributed by atoms with E-state index < -0.39 is 17.5 Å². The van der Waals surface area contributed by atoms with E-state index in [1.807, 2.05) is 71.0 Å². The van der Waals surface area contributed by atoms with Gasteiger partial charge in [0.15, 0.2) is 12.9 Å². The van der Waals surface area contributed by atoms with Crippen molar-refractivity contribution < 1.29 is 28.6 Å². The fourth-order valence-electron chi connectivity index (χ4n) is 4.47. The Kier molecular flexibility index (Phi) is 9.31. The van der Waals surface area contributed by atoms with Crippen LogP contribution in [-0.2, 0) is 21.7 Å². The number of carbonyl (C=O) groups excluding carboxylic acids is 3. The first kappa shape index (κ1) is 29.6. The molecule has 10 nitrogen and oxygen atoms in total. The molecule has 2 amide bonds. The zero-order valence-corrected chi connectivity index (χ0v) is 24.2. The second-order valence-electron chi connectivity index (χ2n) is 11.4. The van der Waals surface area contributed by atoms with Crippen LogP contribution in [0.2, 0.25) is 0 Å². The first-order valence-corrected chi connectivity index (χ1v) is 13.8. The van der Waals surface area contributed by atoms with E-state index in [1.54, 1.807) is 22.9 Å². The summed E-state index contributed by atoms with van der Waals surface area (Å²) < 4.78 is 18.8. The molecule has 41 heavy (non-hydrogen) atoms. The van der Waals surface area contributed by atoms with Gasteiger partial charge in [0, 0.05) is 18.0 Å². The van der Waals surface area contributed by atoms with Crippen LogP contribution < -0.4 is 20.1 Å². The van der Waals surface area contributed by atoms with E-state index in [-0.39, 0.29) is 36.0 Å². The maximum Gasteiger partial charge on any atom is 0.407 e. The monoisotopic (exact) mass is 562 g/mol. The molecule has 1 fully saturated rings. The van der Waals surface area contributed by atoms with Crippen molar-refractivity contribution in [2.75, 3.05) is 11.9 Å². The molecule has 1 heterocycles. The van der Waals surface area contributed by atoms with E-state index >= 15 is 0 Å². The highest BCUT2D eigenvalue weighted by Crippen LogP contribution is 2.40. The van der Waals surface area contributed by atoms with Crippen molar-refractivity contribution in [1.82, 2.24) is 15.1 Å². The van der Waals surface area contributed by atoms with Gasteiger partial charge in [0.05, 0.1) is 16.8 Å². The smallest absolute Gasteiger partial charge is 0.407 e. The van der Waals surface area contributed by atoms with Gasteiger partial charge in [0.1, 0.15) is 30.0 Å². The van der Waals surface area contributed by atoms with Crippen molar-refractivity contribution in [1.29, 1.82) is 0 Å². The fourth-order valence-corrected chi connectivity index (χ4v) is 4.47. The van der Waals surface area contributed by atoms with E-state index in [0.717, 1.165) is 11.3 Å². The van der Waals surface area contributed by atoms with Crippen LogP contribution in [0.25, 0.3) is 0 Å². The van der Waals surface area contributed by atoms with Crippen molar-refractivity contribution in [2.45, 2.75) is 77.7 Å². The van der Waals surface area contributed by atoms with Crippen molar-refractivity contribution in [3.8, 4) is 11.5 Å². The number of aromatic nitrogens is 2. The predicted octanol–water partition coefficient (Wildman–Crippen LogP) is 5.43. The quantitative estimate of drug-likeness (QED) is 0.299. The summed E-state index contributed by atoms with van der Waals surface area (Å²) in [5.74, 6) is 0.902. The van der Waals surface area contributed by atoms with Crippen LogP contribution in [0.15, 0.2) is 54.6 Å². The molecule has 1 saturated carbocycles. The number of hydrogen-bond donors (Lipinski definition) is 2. The molecular formula is C31H38N4O6. The molecule has 1 aliphatic rings. The van der Waals surface area contributed by atoms with E-state index in [0.29, 0.717) is 37.3 Å². The minimum Gasteiger partial charge on any atom is -0.488 e. The van der Waals surface area contributed by atoms with Gasteiger partial charge in [0.25, 0.3) is 5.91 Å². The van der Waals surface area contributed by atoms with Gasteiger partial charge >= 0.3 is 6.09 Å². The lowest BCUT2D eigenvalue weighted by Gasteiger charge is -2.33. The molecule has 2 N–H and O–H groups in total. The Morgan fingerprint density at radius 1 is 1.05 bits per heavy atom. The van der Waals surface area contributed by atoms with Crippen LogP contribution in [0.4, 0.5) is 10.6 Å². The van der Waals surface area contributed by atoms with Gasteiger partial charge < -0.3 is 24.8 Å². The number of hydrogen-bond acceptors (Lipinski definition) is 7. The van der Waals surface area contributed by atoms with Crippen LogP contribution in [0.1, 0.15) is 75.0 Å². The lowest BCUT2D eigenvalue weighted by Crippen LogP contribution is -2.38. The molecule has 2 aromatic carbocycles. The molecule has 0 aliphatic heterocycles. The molecule has 0 saturated heterocycles. The minimum atomic E-state index is -0.414. The topological polar surface area (TPSA) is 121 Å². The second-order valence-corrected chi connectivity index (χ2v) is 11.4. The van der Waals surface area contributed by atoms with Crippen LogP contribution in [0, 0.1) is 0 Å². The lowest BCUT2D eigenvalue weighted by molar-refractivity contribution is -0.118. The average Bonchev–Trinajstić information content (AvgIpc) is 3.31. The second kappa shape index (κ2) is 12.9. The van der Waals surface area contributed by atoms with Gasteiger partial charge in [-0.15, -0.1) is 0 Å². The van der Waals surface area contributed by atoms with Gasteiger partial charge in [0.2, 0.25) is 0 Å². The van der Waals surface area contributed by atoms with Gasteiger partial charge in [-0.3, -0.25) is 9.59 Å². The largest absolute Gasteiger partial charge is 0.488 e. The number of carbonyl (C=O) groups is 3. The summed E-state index contributed by atoms with van der Waals surface area (Å²) in [7, 11) is 0. The summed E-state index contributed by atoms with van der Waals surface area (Å²) in [5, 5.41) is 10.4. The third-order valence-electron chi connectivity index (χ3n) is 6.56. The summed E-state index contributed by atoms with van der Waals surface area (Å²) in [4.78, 5) is 36.7. The van der Waals surface area contributed by atoms with Gasteiger partial charge in [-0.25, -0.2) is 9.48 Å². The molecule has 218 valence electrons. The number of rotatable bonds is 11. The number of anilines is 1. The number of aldehydes is 1. The standard InChI is InChI=1S/C31H38N4O6/c1-20(2)32-30(38)41-23-14-22(15-23)25-16-28(35(34-25)31(3,4)5)33-29(37)19-40-27-13-9-12-26(24(27)17-36)39-18-21-10-7-6-8-11-21/h6-13,16-17,20,22-23H,14-15,18-19H2,1-5H3,(H,32,38)(H,33,37). The van der Waals surface area contributed by atoms with E-state index in [1.165, 1.54) is 0 Å². The number of nitrogens with one attached hydrogen (secondary N) is 2. The molecule has 0 atom stereocenters. The van der Waals surface area contributed by atoms with Gasteiger partial charge in [-0.1, -0.05) is 36.4 Å². The highest BCUT2D eigenvalue weighted by atomic mass is 16.6. The van der Waals surface area contributed by atoms with Crippen molar-refractivity contribution in [2.24, 2.45) is 0 Å². The molecule has 0 radical (unpaired) electrons. The molecule has 10 heteroatoms. The minimum absolute atomic E-state index is 0.0120. The number of ether oxygens (including phenoxy) is 3. The SMILES string of the molecule is CC(C)NC(=O)OC1CC(c2cc(NC(=O)COc3cccc(OCc4ccccc4)c3C=O)n(C(C)(C)C)n2)C1.